The van der Waals surface area contributed by atoms with Crippen molar-refractivity contribution in [2.24, 2.45) is 0 Å². The molecule has 1 saturated heterocycles. The Bertz CT molecular complexity index is 828. The summed E-state index contributed by atoms with van der Waals surface area (Å²) in [6.07, 6.45) is 2.81. The van der Waals surface area contributed by atoms with Crippen LogP contribution in [0.4, 0.5) is 11.5 Å². The van der Waals surface area contributed by atoms with Crippen LogP contribution in [0, 0.1) is 0 Å². The molecule has 6 heteroatoms. The van der Waals surface area contributed by atoms with E-state index in [9.17, 15) is 0 Å². The van der Waals surface area contributed by atoms with Crippen molar-refractivity contribution in [3.63, 3.8) is 0 Å². The molecule has 1 aliphatic heterocycles. The molecular formula is C16H16ClN5. The van der Waals surface area contributed by atoms with Crippen molar-refractivity contribution in [2.75, 3.05) is 23.7 Å². The van der Waals surface area contributed by atoms with Crippen molar-refractivity contribution in [3.8, 4) is 0 Å². The number of H-pyrrole nitrogens is 1. The molecule has 0 spiro atoms. The number of nitrogen functional groups attached to an aromatic ring is 1. The van der Waals surface area contributed by atoms with Crippen molar-refractivity contribution >= 4 is 34.1 Å². The van der Waals surface area contributed by atoms with Crippen LogP contribution in [0.3, 0.4) is 0 Å². The number of halogens is 1. The van der Waals surface area contributed by atoms with Gasteiger partial charge in [0.1, 0.15) is 11.6 Å². The molecule has 4 rings (SSSR count). The summed E-state index contributed by atoms with van der Waals surface area (Å²) in [4.78, 5) is 14.7. The zero-order valence-corrected chi connectivity index (χ0v) is 12.7. The molecule has 1 atom stereocenters. The molecule has 3 heterocycles. The van der Waals surface area contributed by atoms with Gasteiger partial charge in [-0.15, -0.1) is 0 Å². The van der Waals surface area contributed by atoms with Crippen LogP contribution in [0.2, 0.25) is 5.02 Å². The van der Waals surface area contributed by atoms with E-state index in [-0.39, 0.29) is 0 Å². The fourth-order valence-corrected chi connectivity index (χ4v) is 3.27. The number of nitrogens with zero attached hydrogens (tertiary/aromatic N) is 3. The number of pyridine rings is 1. The third-order valence-electron chi connectivity index (χ3n) is 4.14. The summed E-state index contributed by atoms with van der Waals surface area (Å²) in [6.45, 7) is 1.80. The van der Waals surface area contributed by atoms with E-state index in [0.717, 1.165) is 47.9 Å². The number of hydrogen-bond donors (Lipinski definition) is 2. The fraction of sp³-hybridized carbons (Fsp3) is 0.250. The van der Waals surface area contributed by atoms with Crippen molar-refractivity contribution < 1.29 is 0 Å². The molecule has 2 aromatic heterocycles. The van der Waals surface area contributed by atoms with E-state index in [1.807, 2.05) is 30.3 Å². The Balaban J connectivity index is 1.60. The maximum Gasteiger partial charge on any atom is 0.147 e. The molecule has 3 aromatic rings. The van der Waals surface area contributed by atoms with Crippen molar-refractivity contribution in [1.82, 2.24) is 15.0 Å². The summed E-state index contributed by atoms with van der Waals surface area (Å²) in [5.74, 6) is 2.22. The molecule has 0 saturated carbocycles. The summed E-state index contributed by atoms with van der Waals surface area (Å²) >= 11 is 6.24. The number of rotatable bonds is 2. The van der Waals surface area contributed by atoms with Gasteiger partial charge in [0.2, 0.25) is 0 Å². The lowest BCUT2D eigenvalue weighted by atomic mass is 10.1. The highest BCUT2D eigenvalue weighted by Gasteiger charge is 2.28. The number of hydrogen-bond acceptors (Lipinski definition) is 4. The first-order valence-electron chi connectivity index (χ1n) is 7.31. The SMILES string of the molecule is Nc1ccc2nc(C3CCN(c4ncccc4Cl)C3)[nH]c2c1. The second-order valence-electron chi connectivity index (χ2n) is 5.64. The number of aromatic nitrogens is 3. The molecule has 0 aliphatic carbocycles. The van der Waals surface area contributed by atoms with Gasteiger partial charge in [-0.1, -0.05) is 11.6 Å². The summed E-state index contributed by atoms with van der Waals surface area (Å²) in [5, 5.41) is 0.695. The van der Waals surface area contributed by atoms with Crippen LogP contribution >= 0.6 is 11.6 Å². The standard InChI is InChI=1S/C16H16ClN5/c17-12-2-1-6-19-16(12)22-7-5-10(9-22)15-20-13-4-3-11(18)8-14(13)21-15/h1-4,6,8,10H,5,7,9,18H2,(H,20,21). The van der Waals surface area contributed by atoms with Gasteiger partial charge in [0.15, 0.2) is 0 Å². The van der Waals surface area contributed by atoms with Gasteiger partial charge in [0.05, 0.1) is 16.1 Å². The third kappa shape index (κ3) is 2.27. The molecule has 0 amide bonds. The number of nitrogens with two attached hydrogens (primary N) is 1. The van der Waals surface area contributed by atoms with Gasteiger partial charge in [0.25, 0.3) is 0 Å². The maximum atomic E-state index is 6.24. The molecule has 1 unspecified atom stereocenters. The number of aromatic amines is 1. The molecule has 5 nitrogen and oxygen atoms in total. The van der Waals surface area contributed by atoms with Gasteiger partial charge in [-0.05, 0) is 36.8 Å². The monoisotopic (exact) mass is 313 g/mol. The predicted molar refractivity (Wildman–Crippen MR) is 89.3 cm³/mol. The molecular weight excluding hydrogens is 298 g/mol. The largest absolute Gasteiger partial charge is 0.399 e. The summed E-state index contributed by atoms with van der Waals surface area (Å²) in [7, 11) is 0. The highest BCUT2D eigenvalue weighted by molar-refractivity contribution is 6.32. The smallest absolute Gasteiger partial charge is 0.147 e. The van der Waals surface area contributed by atoms with Gasteiger partial charge >= 0.3 is 0 Å². The van der Waals surface area contributed by atoms with Gasteiger partial charge in [-0.25, -0.2) is 9.97 Å². The van der Waals surface area contributed by atoms with Crippen molar-refractivity contribution in [1.29, 1.82) is 0 Å². The average Bonchev–Trinajstić information content (AvgIpc) is 3.13. The Morgan fingerprint density at radius 1 is 1.32 bits per heavy atom. The molecule has 0 radical (unpaired) electrons. The van der Waals surface area contributed by atoms with Crippen LogP contribution in [0.1, 0.15) is 18.2 Å². The zero-order chi connectivity index (χ0) is 15.1. The number of imidazole rings is 1. The maximum absolute atomic E-state index is 6.24. The molecule has 22 heavy (non-hydrogen) atoms. The average molecular weight is 314 g/mol. The summed E-state index contributed by atoms with van der Waals surface area (Å²) in [5.41, 5.74) is 8.52. The second-order valence-corrected chi connectivity index (χ2v) is 6.05. The lowest BCUT2D eigenvalue weighted by Crippen LogP contribution is -2.20. The predicted octanol–water partition coefficient (Wildman–Crippen LogP) is 3.19. The molecule has 1 aromatic carbocycles. The van der Waals surface area contributed by atoms with E-state index >= 15 is 0 Å². The number of nitrogens with one attached hydrogen (secondary N) is 1. The molecule has 1 aliphatic rings. The number of benzene rings is 1. The summed E-state index contributed by atoms with van der Waals surface area (Å²) < 4.78 is 0. The molecule has 3 N–H and O–H groups in total. The van der Waals surface area contributed by atoms with Gasteiger partial charge in [0, 0.05) is 30.9 Å². The Labute approximate surface area is 133 Å². The van der Waals surface area contributed by atoms with Crippen LogP contribution in [-0.2, 0) is 0 Å². The minimum atomic E-state index is 0.353. The normalized spacial score (nSPS) is 18.2. The fourth-order valence-electron chi connectivity index (χ4n) is 3.03. The lowest BCUT2D eigenvalue weighted by Gasteiger charge is -2.17. The molecule has 0 bridgehead atoms. The molecule has 112 valence electrons. The number of fused-ring (bicyclic) bond motifs is 1. The first kappa shape index (κ1) is 13.4. The minimum Gasteiger partial charge on any atom is -0.399 e. The Morgan fingerprint density at radius 2 is 2.23 bits per heavy atom. The zero-order valence-electron chi connectivity index (χ0n) is 12.0. The third-order valence-corrected chi connectivity index (χ3v) is 4.43. The number of anilines is 2. The van der Waals surface area contributed by atoms with Crippen LogP contribution in [0.15, 0.2) is 36.5 Å². The Kier molecular flexibility index (Phi) is 3.15. The minimum absolute atomic E-state index is 0.353. The van der Waals surface area contributed by atoms with E-state index in [1.54, 1.807) is 6.20 Å². The van der Waals surface area contributed by atoms with Crippen LogP contribution in [0.5, 0.6) is 0 Å². The van der Waals surface area contributed by atoms with E-state index in [2.05, 4.69) is 14.9 Å². The Morgan fingerprint density at radius 3 is 3.09 bits per heavy atom. The van der Waals surface area contributed by atoms with Gasteiger partial charge < -0.3 is 15.6 Å². The van der Waals surface area contributed by atoms with Gasteiger partial charge in [-0.3, -0.25) is 0 Å². The van der Waals surface area contributed by atoms with E-state index in [4.69, 9.17) is 22.3 Å². The van der Waals surface area contributed by atoms with E-state index < -0.39 is 0 Å². The van der Waals surface area contributed by atoms with Crippen LogP contribution < -0.4 is 10.6 Å². The Hall–Kier alpha value is -2.27. The van der Waals surface area contributed by atoms with Crippen molar-refractivity contribution in [3.05, 3.63) is 47.4 Å². The van der Waals surface area contributed by atoms with Crippen LogP contribution in [-0.4, -0.2) is 28.0 Å². The first-order chi connectivity index (χ1) is 10.7. The van der Waals surface area contributed by atoms with Crippen LogP contribution in [0.25, 0.3) is 11.0 Å². The van der Waals surface area contributed by atoms with E-state index in [1.165, 1.54) is 0 Å². The van der Waals surface area contributed by atoms with E-state index in [0.29, 0.717) is 10.9 Å². The quantitative estimate of drug-likeness (QED) is 0.713. The van der Waals surface area contributed by atoms with Crippen molar-refractivity contribution in [2.45, 2.75) is 12.3 Å². The van der Waals surface area contributed by atoms with Gasteiger partial charge in [-0.2, -0.15) is 0 Å². The summed E-state index contributed by atoms with van der Waals surface area (Å²) in [6, 6.07) is 9.48. The topological polar surface area (TPSA) is 70.8 Å². The lowest BCUT2D eigenvalue weighted by molar-refractivity contribution is 0.725. The molecule has 1 fully saturated rings. The first-order valence-corrected chi connectivity index (χ1v) is 7.69. The second kappa shape index (κ2) is 5.18. The highest BCUT2D eigenvalue weighted by Crippen LogP contribution is 2.32. The highest BCUT2D eigenvalue weighted by atomic mass is 35.5.